The predicted octanol–water partition coefficient (Wildman–Crippen LogP) is 2.77. The van der Waals surface area contributed by atoms with Gasteiger partial charge in [0.05, 0.1) is 0 Å². The van der Waals surface area contributed by atoms with E-state index in [1.165, 1.54) is 4.90 Å². The molecule has 0 unspecified atom stereocenters. The van der Waals surface area contributed by atoms with Crippen molar-refractivity contribution in [2.45, 2.75) is 53.4 Å². The zero-order valence-electron chi connectivity index (χ0n) is 12.6. The minimum absolute atomic E-state index is 0.0252. The highest BCUT2D eigenvalue weighted by atomic mass is 16.4. The topological polar surface area (TPSA) is 57.6 Å². The van der Waals surface area contributed by atoms with Crippen LogP contribution in [0.3, 0.4) is 0 Å². The molecule has 1 rings (SSSR count). The molecule has 0 aromatic carbocycles. The van der Waals surface area contributed by atoms with Crippen molar-refractivity contribution in [3.05, 3.63) is 0 Å². The lowest BCUT2D eigenvalue weighted by molar-refractivity contribution is -0.146. The van der Waals surface area contributed by atoms with Crippen molar-refractivity contribution in [3.8, 4) is 0 Å². The van der Waals surface area contributed by atoms with Crippen LogP contribution in [0.25, 0.3) is 0 Å². The van der Waals surface area contributed by atoms with Gasteiger partial charge < -0.3 is 10.0 Å². The number of carbonyl (C=O) groups excluding carboxylic acids is 1. The van der Waals surface area contributed by atoms with Crippen LogP contribution in [-0.2, 0) is 9.59 Å². The highest BCUT2D eigenvalue weighted by Gasteiger charge is 2.33. The number of amides is 1. The maximum atomic E-state index is 12.3. The Labute approximate surface area is 116 Å². The van der Waals surface area contributed by atoms with Crippen molar-refractivity contribution >= 4 is 11.9 Å². The van der Waals surface area contributed by atoms with Crippen LogP contribution in [0.4, 0.5) is 0 Å². The molecule has 0 heterocycles. The van der Waals surface area contributed by atoms with Crippen LogP contribution in [0.1, 0.15) is 53.4 Å². The first-order chi connectivity index (χ1) is 8.75. The largest absolute Gasteiger partial charge is 0.480 e. The van der Waals surface area contributed by atoms with Gasteiger partial charge >= 0.3 is 5.97 Å². The summed E-state index contributed by atoms with van der Waals surface area (Å²) in [6.45, 7) is 8.90. The van der Waals surface area contributed by atoms with Gasteiger partial charge in [0.25, 0.3) is 0 Å². The van der Waals surface area contributed by atoms with Crippen molar-refractivity contribution in [3.63, 3.8) is 0 Å². The fourth-order valence-corrected chi connectivity index (χ4v) is 2.97. The van der Waals surface area contributed by atoms with Crippen LogP contribution in [0, 0.1) is 17.3 Å². The second-order valence-corrected chi connectivity index (χ2v) is 6.66. The van der Waals surface area contributed by atoms with Gasteiger partial charge in [0.1, 0.15) is 6.54 Å². The Morgan fingerprint density at radius 1 is 1.16 bits per heavy atom. The third kappa shape index (κ3) is 4.51. The molecule has 0 spiro atoms. The Morgan fingerprint density at radius 3 is 2.05 bits per heavy atom. The Kier molecular flexibility index (Phi) is 5.39. The van der Waals surface area contributed by atoms with Crippen LogP contribution < -0.4 is 0 Å². The lowest BCUT2D eigenvalue weighted by atomic mass is 9.69. The van der Waals surface area contributed by atoms with Gasteiger partial charge in [0.15, 0.2) is 0 Å². The van der Waals surface area contributed by atoms with Crippen LogP contribution >= 0.6 is 0 Å². The summed E-state index contributed by atoms with van der Waals surface area (Å²) >= 11 is 0. The Hall–Kier alpha value is -1.06. The molecular weight excluding hydrogens is 242 g/mol. The van der Waals surface area contributed by atoms with Crippen LogP contribution in [0.15, 0.2) is 0 Å². The summed E-state index contributed by atoms with van der Waals surface area (Å²) in [5.74, 6) is -0.208. The monoisotopic (exact) mass is 269 g/mol. The normalized spacial score (nSPS) is 24.0. The number of carboxylic acids is 1. The van der Waals surface area contributed by atoms with Crippen molar-refractivity contribution in [2.75, 3.05) is 13.1 Å². The summed E-state index contributed by atoms with van der Waals surface area (Å²) < 4.78 is 0. The molecule has 0 bridgehead atoms. The molecule has 1 amide bonds. The SMILES string of the molecule is CCN(CC(=O)O)C(=O)C1CCC(C(C)(C)C)CC1. The van der Waals surface area contributed by atoms with E-state index in [1.54, 1.807) is 0 Å². The molecule has 1 aliphatic rings. The zero-order valence-corrected chi connectivity index (χ0v) is 12.6. The van der Waals surface area contributed by atoms with Crippen molar-refractivity contribution in [1.82, 2.24) is 4.90 Å². The molecule has 1 aliphatic carbocycles. The number of carboxylic acid groups (broad SMARTS) is 1. The van der Waals surface area contributed by atoms with Gasteiger partial charge in [0, 0.05) is 12.5 Å². The first-order valence-corrected chi connectivity index (χ1v) is 7.26. The molecule has 4 heteroatoms. The minimum Gasteiger partial charge on any atom is -0.480 e. The Morgan fingerprint density at radius 2 is 1.68 bits per heavy atom. The standard InChI is InChI=1S/C15H27NO3/c1-5-16(10-13(17)18)14(19)11-6-8-12(9-7-11)15(2,3)4/h11-12H,5-10H2,1-4H3,(H,17,18). The number of aliphatic carboxylic acids is 1. The van der Waals surface area contributed by atoms with E-state index in [9.17, 15) is 9.59 Å². The molecule has 0 saturated heterocycles. The van der Waals surface area contributed by atoms with Gasteiger partial charge in [-0.25, -0.2) is 0 Å². The molecule has 0 aromatic heterocycles. The third-order valence-corrected chi connectivity index (χ3v) is 4.32. The molecule has 0 aromatic rings. The fraction of sp³-hybridized carbons (Fsp3) is 0.867. The number of hydrogen-bond acceptors (Lipinski definition) is 2. The molecule has 19 heavy (non-hydrogen) atoms. The summed E-state index contributed by atoms with van der Waals surface area (Å²) in [5, 5.41) is 8.82. The quantitative estimate of drug-likeness (QED) is 0.853. The number of hydrogen-bond donors (Lipinski definition) is 1. The molecule has 0 aliphatic heterocycles. The second kappa shape index (κ2) is 6.40. The van der Waals surface area contributed by atoms with E-state index < -0.39 is 5.97 Å². The number of rotatable bonds is 4. The van der Waals surface area contributed by atoms with E-state index in [1.807, 2.05) is 6.92 Å². The van der Waals surface area contributed by atoms with Crippen LogP contribution in [0.2, 0.25) is 0 Å². The summed E-state index contributed by atoms with van der Waals surface area (Å²) in [6, 6.07) is 0. The smallest absolute Gasteiger partial charge is 0.323 e. The summed E-state index contributed by atoms with van der Waals surface area (Å²) in [6.07, 6.45) is 3.95. The summed E-state index contributed by atoms with van der Waals surface area (Å²) in [7, 11) is 0. The van der Waals surface area contributed by atoms with Gasteiger partial charge in [-0.15, -0.1) is 0 Å². The maximum absolute atomic E-state index is 12.3. The molecule has 0 radical (unpaired) electrons. The van der Waals surface area contributed by atoms with Crippen molar-refractivity contribution in [2.24, 2.45) is 17.3 Å². The van der Waals surface area contributed by atoms with Crippen LogP contribution in [0.5, 0.6) is 0 Å². The number of nitrogens with zero attached hydrogens (tertiary/aromatic N) is 1. The summed E-state index contributed by atoms with van der Waals surface area (Å²) in [4.78, 5) is 24.5. The maximum Gasteiger partial charge on any atom is 0.323 e. The second-order valence-electron chi connectivity index (χ2n) is 6.66. The highest BCUT2D eigenvalue weighted by Crippen LogP contribution is 2.40. The highest BCUT2D eigenvalue weighted by molar-refractivity contribution is 5.83. The van der Waals surface area contributed by atoms with E-state index in [4.69, 9.17) is 5.11 Å². The van der Waals surface area contributed by atoms with E-state index in [2.05, 4.69) is 20.8 Å². The van der Waals surface area contributed by atoms with Gasteiger partial charge in [-0.1, -0.05) is 20.8 Å². The minimum atomic E-state index is -0.932. The van der Waals surface area contributed by atoms with Gasteiger partial charge in [0.2, 0.25) is 5.91 Å². The molecule has 1 N–H and O–H groups in total. The average molecular weight is 269 g/mol. The lowest BCUT2D eigenvalue weighted by Gasteiger charge is -2.37. The van der Waals surface area contributed by atoms with Crippen molar-refractivity contribution in [1.29, 1.82) is 0 Å². The predicted molar refractivity (Wildman–Crippen MR) is 74.8 cm³/mol. The van der Waals surface area contributed by atoms with Gasteiger partial charge in [-0.05, 0) is 43.9 Å². The van der Waals surface area contributed by atoms with Gasteiger partial charge in [-0.3, -0.25) is 9.59 Å². The summed E-state index contributed by atoms with van der Waals surface area (Å²) in [5.41, 5.74) is 0.305. The number of likely N-dealkylation sites (N-methyl/N-ethyl adjacent to an activating group) is 1. The van der Waals surface area contributed by atoms with E-state index in [0.29, 0.717) is 17.9 Å². The van der Waals surface area contributed by atoms with E-state index in [0.717, 1.165) is 25.7 Å². The number of carbonyl (C=O) groups is 2. The van der Waals surface area contributed by atoms with E-state index in [-0.39, 0.29) is 18.4 Å². The fourth-order valence-electron chi connectivity index (χ4n) is 2.97. The third-order valence-electron chi connectivity index (χ3n) is 4.32. The van der Waals surface area contributed by atoms with Crippen LogP contribution in [-0.4, -0.2) is 35.0 Å². The molecule has 0 atom stereocenters. The first kappa shape index (κ1) is 16.0. The van der Waals surface area contributed by atoms with Gasteiger partial charge in [-0.2, -0.15) is 0 Å². The molecular formula is C15H27NO3. The van der Waals surface area contributed by atoms with Crippen molar-refractivity contribution < 1.29 is 14.7 Å². The molecule has 1 saturated carbocycles. The Bertz CT molecular complexity index is 325. The molecule has 1 fully saturated rings. The van der Waals surface area contributed by atoms with E-state index >= 15 is 0 Å². The first-order valence-electron chi connectivity index (χ1n) is 7.26. The average Bonchev–Trinajstić information content (AvgIpc) is 2.34. The molecule has 110 valence electrons. The molecule has 4 nitrogen and oxygen atoms in total. The zero-order chi connectivity index (χ0) is 14.6. The Balaban J connectivity index is 2.54. The lowest BCUT2D eigenvalue weighted by Crippen LogP contribution is -2.41.